The summed E-state index contributed by atoms with van der Waals surface area (Å²) >= 11 is 0. The monoisotopic (exact) mass is 482 g/mol. The molecular formula is C26H30N2O5S. The Balaban J connectivity index is 1.93. The van der Waals surface area contributed by atoms with Crippen molar-refractivity contribution in [3.8, 4) is 11.5 Å². The first kappa shape index (κ1) is 25.1. The summed E-state index contributed by atoms with van der Waals surface area (Å²) in [6.07, 6.45) is 0.637. The molecule has 0 radical (unpaired) electrons. The fourth-order valence-corrected chi connectivity index (χ4v) is 5.22. The fraction of sp³-hybridized carbons (Fsp3) is 0.269. The third-order valence-electron chi connectivity index (χ3n) is 5.54. The summed E-state index contributed by atoms with van der Waals surface area (Å²) < 4.78 is 38.9. The second-order valence-corrected chi connectivity index (χ2v) is 9.62. The lowest BCUT2D eigenvalue weighted by Crippen LogP contribution is -2.42. The molecule has 0 aromatic heterocycles. The summed E-state index contributed by atoms with van der Waals surface area (Å²) in [6.45, 7) is 3.50. The summed E-state index contributed by atoms with van der Waals surface area (Å²) in [7, 11) is -0.953. The van der Waals surface area contributed by atoms with Crippen molar-refractivity contribution in [2.75, 3.05) is 25.1 Å². The molecule has 0 aliphatic carbocycles. The summed E-state index contributed by atoms with van der Waals surface area (Å²) in [4.78, 5) is 13.3. The van der Waals surface area contributed by atoms with E-state index in [4.69, 9.17) is 9.47 Å². The number of anilines is 1. The van der Waals surface area contributed by atoms with Gasteiger partial charge in [0, 0.05) is 0 Å². The van der Waals surface area contributed by atoms with Crippen LogP contribution in [0.3, 0.4) is 0 Å². The van der Waals surface area contributed by atoms with E-state index in [1.54, 1.807) is 49.6 Å². The largest absolute Gasteiger partial charge is 0.496 e. The topological polar surface area (TPSA) is 84.9 Å². The smallest absolute Gasteiger partial charge is 0.264 e. The van der Waals surface area contributed by atoms with Crippen molar-refractivity contribution in [2.24, 2.45) is 0 Å². The SMILES string of the molecule is CC[C@@H](NC(=O)CN(c1ccccc1OC)S(=O)(=O)c1ccccc1)c1ccc(OC)c(C)c1. The van der Waals surface area contributed by atoms with Crippen molar-refractivity contribution in [2.45, 2.75) is 31.2 Å². The van der Waals surface area contributed by atoms with Crippen LogP contribution >= 0.6 is 0 Å². The average molecular weight is 483 g/mol. The summed E-state index contributed by atoms with van der Waals surface area (Å²) in [6, 6.07) is 20.2. The fourth-order valence-electron chi connectivity index (χ4n) is 3.77. The van der Waals surface area contributed by atoms with Crippen LogP contribution in [0.4, 0.5) is 5.69 Å². The van der Waals surface area contributed by atoms with Gasteiger partial charge in [-0.2, -0.15) is 0 Å². The molecule has 3 aromatic carbocycles. The van der Waals surface area contributed by atoms with Crippen LogP contribution in [0.15, 0.2) is 77.7 Å². The number of hydrogen-bond donors (Lipinski definition) is 1. The molecule has 180 valence electrons. The number of benzene rings is 3. The molecule has 0 aliphatic rings. The number of nitrogens with one attached hydrogen (secondary N) is 1. The second-order valence-electron chi connectivity index (χ2n) is 7.75. The number of para-hydroxylation sites is 2. The average Bonchev–Trinajstić information content (AvgIpc) is 2.86. The highest BCUT2D eigenvalue weighted by Gasteiger charge is 2.29. The molecule has 0 fully saturated rings. The van der Waals surface area contributed by atoms with E-state index in [1.807, 2.05) is 32.0 Å². The van der Waals surface area contributed by atoms with Crippen molar-refractivity contribution in [3.05, 3.63) is 83.9 Å². The van der Waals surface area contributed by atoms with Gasteiger partial charge in [0.15, 0.2) is 0 Å². The van der Waals surface area contributed by atoms with Gasteiger partial charge in [0.1, 0.15) is 18.0 Å². The van der Waals surface area contributed by atoms with E-state index in [0.29, 0.717) is 12.2 Å². The van der Waals surface area contributed by atoms with Crippen molar-refractivity contribution >= 4 is 21.6 Å². The number of rotatable bonds is 10. The van der Waals surface area contributed by atoms with Crippen LogP contribution in [0.25, 0.3) is 0 Å². The molecule has 1 amide bonds. The van der Waals surface area contributed by atoms with E-state index >= 15 is 0 Å². The summed E-state index contributed by atoms with van der Waals surface area (Å²) in [5, 5.41) is 2.98. The standard InChI is InChI=1S/C26H30N2O5S/c1-5-22(20-15-16-24(32-3)19(2)17-20)27-26(29)18-28(23-13-9-10-14-25(23)33-4)34(30,31)21-11-7-6-8-12-21/h6-17,22H,5,18H2,1-4H3,(H,27,29)/t22-/m1/s1. The predicted molar refractivity (Wildman–Crippen MR) is 133 cm³/mol. The van der Waals surface area contributed by atoms with Gasteiger partial charge in [-0.1, -0.05) is 49.4 Å². The minimum atomic E-state index is -4.03. The Morgan fingerprint density at radius 2 is 1.59 bits per heavy atom. The molecule has 0 unspecified atom stereocenters. The van der Waals surface area contributed by atoms with Gasteiger partial charge in [0.2, 0.25) is 5.91 Å². The molecule has 0 spiro atoms. The zero-order valence-electron chi connectivity index (χ0n) is 19.8. The molecule has 3 rings (SSSR count). The molecule has 0 aliphatic heterocycles. The third kappa shape index (κ3) is 5.51. The number of nitrogens with zero attached hydrogens (tertiary/aromatic N) is 1. The Labute approximate surface area is 201 Å². The van der Waals surface area contributed by atoms with E-state index < -0.39 is 22.5 Å². The molecule has 0 saturated heterocycles. The Hall–Kier alpha value is -3.52. The predicted octanol–water partition coefficient (Wildman–Crippen LogP) is 4.48. The lowest BCUT2D eigenvalue weighted by molar-refractivity contribution is -0.120. The summed E-state index contributed by atoms with van der Waals surface area (Å²) in [5.41, 5.74) is 2.16. The number of sulfonamides is 1. The maximum Gasteiger partial charge on any atom is 0.264 e. The van der Waals surface area contributed by atoms with Gasteiger partial charge in [-0.05, 0) is 54.8 Å². The number of ether oxygens (including phenoxy) is 2. The number of aryl methyl sites for hydroxylation is 1. The van der Waals surface area contributed by atoms with E-state index in [0.717, 1.165) is 21.2 Å². The molecule has 0 bridgehead atoms. The molecule has 8 heteroatoms. The Morgan fingerprint density at radius 1 is 0.941 bits per heavy atom. The van der Waals surface area contributed by atoms with Crippen LogP contribution in [0.2, 0.25) is 0 Å². The molecular weight excluding hydrogens is 452 g/mol. The minimum absolute atomic E-state index is 0.0894. The molecule has 7 nitrogen and oxygen atoms in total. The Morgan fingerprint density at radius 3 is 2.21 bits per heavy atom. The molecule has 1 N–H and O–H groups in total. The maximum absolute atomic E-state index is 13.6. The maximum atomic E-state index is 13.6. The number of amides is 1. The van der Waals surface area contributed by atoms with Crippen molar-refractivity contribution in [1.82, 2.24) is 5.32 Å². The zero-order valence-corrected chi connectivity index (χ0v) is 20.6. The minimum Gasteiger partial charge on any atom is -0.496 e. The van der Waals surface area contributed by atoms with Gasteiger partial charge >= 0.3 is 0 Å². The Bertz CT molecular complexity index is 1230. The van der Waals surface area contributed by atoms with E-state index in [-0.39, 0.29) is 16.6 Å². The first-order chi connectivity index (χ1) is 16.3. The summed E-state index contributed by atoms with van der Waals surface area (Å²) in [5.74, 6) is 0.694. The van der Waals surface area contributed by atoms with Crippen LogP contribution in [0.1, 0.15) is 30.5 Å². The van der Waals surface area contributed by atoms with Crippen LogP contribution in [-0.4, -0.2) is 35.1 Å². The second kappa shape index (κ2) is 11.1. The zero-order chi connectivity index (χ0) is 24.7. The van der Waals surface area contributed by atoms with Crippen molar-refractivity contribution in [1.29, 1.82) is 0 Å². The van der Waals surface area contributed by atoms with Crippen LogP contribution in [0, 0.1) is 6.92 Å². The van der Waals surface area contributed by atoms with Gasteiger partial charge in [-0.15, -0.1) is 0 Å². The van der Waals surface area contributed by atoms with Crippen molar-refractivity contribution < 1.29 is 22.7 Å². The highest BCUT2D eigenvalue weighted by atomic mass is 32.2. The van der Waals surface area contributed by atoms with Gasteiger partial charge in [-0.3, -0.25) is 9.10 Å². The van der Waals surface area contributed by atoms with Crippen LogP contribution < -0.4 is 19.1 Å². The van der Waals surface area contributed by atoms with Gasteiger partial charge in [0.25, 0.3) is 10.0 Å². The van der Waals surface area contributed by atoms with Gasteiger partial charge < -0.3 is 14.8 Å². The highest BCUT2D eigenvalue weighted by Crippen LogP contribution is 2.32. The van der Waals surface area contributed by atoms with E-state index in [9.17, 15) is 13.2 Å². The van der Waals surface area contributed by atoms with Crippen LogP contribution in [-0.2, 0) is 14.8 Å². The van der Waals surface area contributed by atoms with Crippen LogP contribution in [0.5, 0.6) is 11.5 Å². The van der Waals surface area contributed by atoms with E-state index in [2.05, 4.69) is 5.32 Å². The van der Waals surface area contributed by atoms with Crippen molar-refractivity contribution in [3.63, 3.8) is 0 Å². The molecule has 34 heavy (non-hydrogen) atoms. The first-order valence-corrected chi connectivity index (χ1v) is 12.4. The molecule has 3 aromatic rings. The first-order valence-electron chi connectivity index (χ1n) is 11.0. The number of hydrogen-bond acceptors (Lipinski definition) is 5. The quantitative estimate of drug-likeness (QED) is 0.461. The molecule has 0 heterocycles. The molecule has 0 saturated carbocycles. The normalized spacial score (nSPS) is 12.0. The number of methoxy groups -OCH3 is 2. The number of carbonyl (C=O) groups excluding carboxylic acids is 1. The lowest BCUT2D eigenvalue weighted by atomic mass is 10.0. The highest BCUT2D eigenvalue weighted by molar-refractivity contribution is 7.92. The third-order valence-corrected chi connectivity index (χ3v) is 7.31. The van der Waals surface area contributed by atoms with Gasteiger partial charge in [-0.25, -0.2) is 8.42 Å². The Kier molecular flexibility index (Phi) is 8.17. The van der Waals surface area contributed by atoms with E-state index in [1.165, 1.54) is 19.2 Å². The lowest BCUT2D eigenvalue weighted by Gasteiger charge is -2.27. The number of carbonyl (C=O) groups is 1. The van der Waals surface area contributed by atoms with Gasteiger partial charge in [0.05, 0.1) is 30.8 Å². The molecule has 1 atom stereocenters.